The summed E-state index contributed by atoms with van der Waals surface area (Å²) in [4.78, 5) is 7.00. The van der Waals surface area contributed by atoms with Crippen molar-refractivity contribution < 1.29 is 19.3 Å². The molecule has 25 heavy (non-hydrogen) atoms. The van der Waals surface area contributed by atoms with Crippen molar-refractivity contribution in [1.29, 1.82) is 0 Å². The third kappa shape index (κ3) is 3.37. The third-order valence-corrected chi connectivity index (χ3v) is 5.72. The second-order valence-corrected chi connectivity index (χ2v) is 12.8. The van der Waals surface area contributed by atoms with Gasteiger partial charge in [-0.2, -0.15) is 9.97 Å². The predicted octanol–water partition coefficient (Wildman–Crippen LogP) is 2.89. The highest BCUT2D eigenvalue weighted by Gasteiger charge is 2.23. The molecule has 0 amide bonds. The van der Waals surface area contributed by atoms with Crippen molar-refractivity contribution >= 4 is 41.6 Å². The number of hydrogen-bond donors (Lipinski definition) is 2. The Bertz CT molecular complexity index is 959. The summed E-state index contributed by atoms with van der Waals surface area (Å²) in [6.45, 7) is 7.30. The van der Waals surface area contributed by atoms with Crippen LogP contribution in [0.25, 0.3) is 21.9 Å². The average Bonchev–Trinajstić information content (AvgIpc) is 2.91. The van der Waals surface area contributed by atoms with Gasteiger partial charge in [-0.25, -0.2) is 9.07 Å². The van der Waals surface area contributed by atoms with Gasteiger partial charge in [-0.3, -0.25) is 0 Å². The number of aromatic hydroxyl groups is 2. The zero-order valence-electron chi connectivity index (χ0n) is 13.9. The number of fused-ring (bicyclic) bond motifs is 3. The van der Waals surface area contributed by atoms with E-state index in [0.717, 1.165) is 6.04 Å². The average molecular weight is 386 g/mol. The third-order valence-electron chi connectivity index (χ3n) is 3.67. The summed E-state index contributed by atoms with van der Waals surface area (Å²) in [6.07, 6.45) is 0. The van der Waals surface area contributed by atoms with Gasteiger partial charge in [0.2, 0.25) is 5.88 Å². The number of halogens is 2. The highest BCUT2D eigenvalue weighted by molar-refractivity contribution is 6.76. The first kappa shape index (κ1) is 17.8. The van der Waals surface area contributed by atoms with Crippen molar-refractivity contribution in [3.8, 4) is 11.9 Å². The SMILES string of the molecule is C[Si](C)(C)CCOCn1nnc2c3c(O)nc(O)nc3c(F)c(Cl)c21. The molecule has 11 heteroatoms. The lowest BCUT2D eigenvalue weighted by atomic mass is 10.2. The molecule has 0 fully saturated rings. The van der Waals surface area contributed by atoms with Crippen LogP contribution in [0.15, 0.2) is 0 Å². The Morgan fingerprint density at radius 2 is 1.92 bits per heavy atom. The standard InChI is InChI=1S/C14H17ClFN5O3Si/c1-25(2,3)5-4-24-6-21-12-8(15)9(16)10-7(11(12)19-20-21)13(22)18-14(23)17-10/h4-6H2,1-3H3,(H2,17,18,22,23). The van der Waals surface area contributed by atoms with E-state index < -0.39 is 25.8 Å². The van der Waals surface area contributed by atoms with Crippen LogP contribution in [0.2, 0.25) is 30.7 Å². The van der Waals surface area contributed by atoms with Crippen LogP contribution in [-0.2, 0) is 11.5 Å². The molecule has 1 aromatic carbocycles. The first-order chi connectivity index (χ1) is 11.7. The zero-order chi connectivity index (χ0) is 18.4. The number of ether oxygens (including phenoxy) is 1. The summed E-state index contributed by atoms with van der Waals surface area (Å²) in [5.41, 5.74) is -0.0221. The maximum atomic E-state index is 14.5. The summed E-state index contributed by atoms with van der Waals surface area (Å²) in [6, 6.07) is 0.208. The topological polar surface area (TPSA) is 106 Å². The summed E-state index contributed by atoms with van der Waals surface area (Å²) in [5, 5.41) is 26.8. The van der Waals surface area contributed by atoms with Crippen molar-refractivity contribution in [3.05, 3.63) is 10.8 Å². The molecule has 0 bridgehead atoms. The first-order valence-corrected chi connectivity index (χ1v) is 11.6. The van der Waals surface area contributed by atoms with E-state index in [4.69, 9.17) is 16.3 Å². The Morgan fingerprint density at radius 3 is 2.60 bits per heavy atom. The van der Waals surface area contributed by atoms with Crippen LogP contribution >= 0.6 is 11.6 Å². The number of benzene rings is 1. The number of rotatable bonds is 5. The Labute approximate surface area is 148 Å². The molecule has 0 atom stereocenters. The highest BCUT2D eigenvalue weighted by Crippen LogP contribution is 2.37. The second-order valence-electron chi connectivity index (χ2n) is 6.83. The van der Waals surface area contributed by atoms with Gasteiger partial charge in [0.1, 0.15) is 28.3 Å². The molecule has 0 radical (unpaired) electrons. The molecule has 2 aromatic heterocycles. The molecule has 134 valence electrons. The fourth-order valence-corrected chi connectivity index (χ4v) is 3.37. The van der Waals surface area contributed by atoms with Gasteiger partial charge in [0.15, 0.2) is 5.82 Å². The van der Waals surface area contributed by atoms with Gasteiger partial charge in [-0.05, 0) is 6.04 Å². The molecule has 0 unspecified atom stereocenters. The molecule has 0 aliphatic rings. The van der Waals surface area contributed by atoms with Gasteiger partial charge < -0.3 is 14.9 Å². The molecule has 2 N–H and O–H groups in total. The van der Waals surface area contributed by atoms with Gasteiger partial charge in [0, 0.05) is 14.7 Å². The molecular formula is C14H17ClFN5O3Si. The molecule has 0 saturated heterocycles. The number of aromatic nitrogens is 5. The van der Waals surface area contributed by atoms with E-state index in [1.54, 1.807) is 0 Å². The van der Waals surface area contributed by atoms with Gasteiger partial charge in [-0.15, -0.1) is 5.10 Å². The van der Waals surface area contributed by atoms with Crippen LogP contribution in [0.3, 0.4) is 0 Å². The van der Waals surface area contributed by atoms with Crippen molar-refractivity contribution in [2.24, 2.45) is 0 Å². The van der Waals surface area contributed by atoms with Crippen molar-refractivity contribution in [2.45, 2.75) is 32.4 Å². The monoisotopic (exact) mass is 385 g/mol. The fraction of sp³-hybridized carbons (Fsp3) is 0.429. The van der Waals surface area contributed by atoms with Crippen LogP contribution in [-0.4, -0.2) is 49.9 Å². The molecule has 3 rings (SSSR count). The largest absolute Gasteiger partial charge is 0.493 e. The Morgan fingerprint density at radius 1 is 1.20 bits per heavy atom. The van der Waals surface area contributed by atoms with Gasteiger partial charge in [0.25, 0.3) is 0 Å². The summed E-state index contributed by atoms with van der Waals surface area (Å²) < 4.78 is 21.5. The van der Waals surface area contributed by atoms with E-state index in [2.05, 4.69) is 39.9 Å². The predicted molar refractivity (Wildman–Crippen MR) is 93.0 cm³/mol. The normalized spacial score (nSPS) is 12.4. The second kappa shape index (κ2) is 6.35. The van der Waals surface area contributed by atoms with Crippen LogP contribution < -0.4 is 0 Å². The lowest BCUT2D eigenvalue weighted by Gasteiger charge is -2.15. The van der Waals surface area contributed by atoms with Gasteiger partial charge in [0.05, 0.1) is 5.39 Å². The van der Waals surface area contributed by atoms with E-state index >= 15 is 0 Å². The summed E-state index contributed by atoms with van der Waals surface area (Å²) in [5.74, 6) is -1.50. The lowest BCUT2D eigenvalue weighted by molar-refractivity contribution is 0.0802. The molecule has 0 aliphatic heterocycles. The van der Waals surface area contributed by atoms with E-state index in [1.165, 1.54) is 4.68 Å². The highest BCUT2D eigenvalue weighted by atomic mass is 35.5. The Kier molecular flexibility index (Phi) is 4.52. The minimum atomic E-state index is -1.23. The zero-order valence-corrected chi connectivity index (χ0v) is 15.7. The first-order valence-electron chi connectivity index (χ1n) is 7.56. The minimum Gasteiger partial charge on any atom is -0.493 e. The summed E-state index contributed by atoms with van der Waals surface area (Å²) >= 11 is 6.09. The Hall–Kier alpha value is -2.04. The quantitative estimate of drug-likeness (QED) is 0.513. The molecule has 2 heterocycles. The van der Waals surface area contributed by atoms with Crippen LogP contribution in [0.4, 0.5) is 4.39 Å². The Balaban J connectivity index is 2.03. The fourth-order valence-electron chi connectivity index (χ4n) is 2.34. The van der Waals surface area contributed by atoms with E-state index in [-0.39, 0.29) is 33.7 Å². The summed E-state index contributed by atoms with van der Waals surface area (Å²) in [7, 11) is -1.23. The van der Waals surface area contributed by atoms with E-state index in [1.807, 2.05) is 0 Å². The van der Waals surface area contributed by atoms with E-state index in [0.29, 0.717) is 6.61 Å². The molecule has 3 aromatic rings. The minimum absolute atomic E-state index is 0.0470. The van der Waals surface area contributed by atoms with Gasteiger partial charge in [-0.1, -0.05) is 36.5 Å². The van der Waals surface area contributed by atoms with Crippen LogP contribution in [0.1, 0.15) is 0 Å². The van der Waals surface area contributed by atoms with Crippen molar-refractivity contribution in [2.75, 3.05) is 6.61 Å². The molecule has 0 aliphatic carbocycles. The lowest BCUT2D eigenvalue weighted by Crippen LogP contribution is -2.22. The van der Waals surface area contributed by atoms with Crippen LogP contribution in [0.5, 0.6) is 11.9 Å². The van der Waals surface area contributed by atoms with Crippen LogP contribution in [0, 0.1) is 5.82 Å². The maximum Gasteiger partial charge on any atom is 0.317 e. The number of hydrogen-bond acceptors (Lipinski definition) is 7. The van der Waals surface area contributed by atoms with Crippen molar-refractivity contribution in [3.63, 3.8) is 0 Å². The number of nitrogens with zero attached hydrogens (tertiary/aromatic N) is 5. The molecule has 0 spiro atoms. The van der Waals surface area contributed by atoms with Gasteiger partial charge >= 0.3 is 6.01 Å². The van der Waals surface area contributed by atoms with E-state index in [9.17, 15) is 14.6 Å². The molecule has 0 saturated carbocycles. The smallest absolute Gasteiger partial charge is 0.317 e. The van der Waals surface area contributed by atoms with Crippen molar-refractivity contribution in [1.82, 2.24) is 25.0 Å². The molecule has 8 nitrogen and oxygen atoms in total. The maximum absolute atomic E-state index is 14.5. The molecular weight excluding hydrogens is 369 g/mol.